The van der Waals surface area contributed by atoms with Crippen LogP contribution in [0.3, 0.4) is 0 Å². The summed E-state index contributed by atoms with van der Waals surface area (Å²) in [5.41, 5.74) is 14.7. The van der Waals surface area contributed by atoms with Crippen molar-refractivity contribution in [3.8, 4) is 27.3 Å². The summed E-state index contributed by atoms with van der Waals surface area (Å²) in [4.78, 5) is 84.0. The summed E-state index contributed by atoms with van der Waals surface area (Å²) in [6.45, 7) is 11.8. The summed E-state index contributed by atoms with van der Waals surface area (Å²) in [6.07, 6.45) is -1.13. The number of hydrogen-bond acceptors (Lipinski definition) is 15. The number of likely N-dealkylation sites (tertiary alicyclic amines) is 1. The number of fused-ring (bicyclic) bond motifs is 2. The number of aromatic nitrogens is 4. The molecular formula is C59H71F3N10O10S. The van der Waals surface area contributed by atoms with E-state index < -0.39 is 41.8 Å². The molecule has 1 saturated heterocycles. The van der Waals surface area contributed by atoms with Crippen molar-refractivity contribution in [2.75, 3.05) is 69.9 Å². The van der Waals surface area contributed by atoms with Gasteiger partial charge in [0, 0.05) is 62.9 Å². The first kappa shape index (κ1) is 61.6. The fourth-order valence-electron chi connectivity index (χ4n) is 10.2. The second-order valence-corrected chi connectivity index (χ2v) is 22.5. The Kier molecular flexibility index (Phi) is 20.6. The van der Waals surface area contributed by atoms with Gasteiger partial charge in [-0.05, 0) is 84.2 Å². The minimum absolute atomic E-state index is 0.0190. The Hall–Kier alpha value is -7.51. The Morgan fingerprint density at radius 1 is 0.867 bits per heavy atom. The molecule has 20 nitrogen and oxygen atoms in total. The van der Waals surface area contributed by atoms with Gasteiger partial charge in [-0.15, -0.1) is 24.5 Å². The van der Waals surface area contributed by atoms with E-state index in [1.807, 2.05) is 87.8 Å². The number of thiazole rings is 1. The van der Waals surface area contributed by atoms with Crippen LogP contribution >= 0.6 is 11.3 Å². The number of nitrogens with zero attached hydrogens (tertiary/aromatic N) is 6. The summed E-state index contributed by atoms with van der Waals surface area (Å²) in [6, 6.07) is 16.8. The van der Waals surface area contributed by atoms with Crippen LogP contribution in [0.4, 0.5) is 24.7 Å². The minimum atomic E-state index is -4.84. The number of β-amino-alcohol motifs (C(OH)–C–C–N with tert-alkyl or cyclic N) is 1. The maximum Gasteiger partial charge on any atom is 0.573 e. The van der Waals surface area contributed by atoms with E-state index in [0.29, 0.717) is 54.9 Å². The summed E-state index contributed by atoms with van der Waals surface area (Å²) in [5, 5.41) is 20.1. The van der Waals surface area contributed by atoms with Crippen LogP contribution in [0.25, 0.3) is 32.6 Å². The SMILES string of the molecule is Cc1ncsc1-c1ccc([C@H](C)NC(=O)[C@@H]2C[C@H](O)CN2C(=O)[C@@H](NC(=O)CCOCCOCCOCCC(=O)NCCCn2cc(-c3ccc4c(c3)CCN4C(=O)Cc3cccc(OC(F)(F)F)c3)c3c(N)ncnc32)C(C)(C)C)cc1. The molecule has 0 spiro atoms. The lowest BCUT2D eigenvalue weighted by Gasteiger charge is -2.35. The van der Waals surface area contributed by atoms with E-state index in [9.17, 15) is 42.3 Å². The summed E-state index contributed by atoms with van der Waals surface area (Å²) < 4.78 is 61.1. The topological polar surface area (TPSA) is 255 Å². The van der Waals surface area contributed by atoms with Gasteiger partial charge in [0.05, 0.1) is 79.7 Å². The third kappa shape index (κ3) is 16.4. The van der Waals surface area contributed by atoms with Crippen LogP contribution in [-0.2, 0) is 57.6 Å². The van der Waals surface area contributed by atoms with Crippen LogP contribution in [0.5, 0.6) is 5.75 Å². The number of carbonyl (C=O) groups excluding carboxylic acids is 5. The number of hydrogen-bond donors (Lipinski definition) is 5. The predicted octanol–water partition coefficient (Wildman–Crippen LogP) is 6.85. The van der Waals surface area contributed by atoms with Gasteiger partial charge in [0.1, 0.15) is 35.6 Å². The molecule has 0 bridgehead atoms. The first-order valence-corrected chi connectivity index (χ1v) is 28.5. The van der Waals surface area contributed by atoms with E-state index in [0.717, 1.165) is 44.1 Å². The lowest BCUT2D eigenvalue weighted by molar-refractivity contribution is -0.274. The molecule has 2 aliphatic rings. The lowest BCUT2D eigenvalue weighted by atomic mass is 9.85. The molecule has 3 aromatic heterocycles. The molecule has 6 aromatic rings. The highest BCUT2D eigenvalue weighted by Crippen LogP contribution is 2.38. The molecule has 83 heavy (non-hydrogen) atoms. The zero-order valence-corrected chi connectivity index (χ0v) is 47.9. The molecule has 5 heterocycles. The van der Waals surface area contributed by atoms with E-state index in [1.165, 1.54) is 29.4 Å². The van der Waals surface area contributed by atoms with E-state index in [4.69, 9.17) is 19.9 Å². The van der Waals surface area contributed by atoms with Gasteiger partial charge in [-0.3, -0.25) is 24.0 Å². The number of aliphatic hydroxyl groups is 1. The number of amides is 5. The first-order valence-electron chi connectivity index (χ1n) is 27.6. The standard InChI is InChI=1S/C59H71F3N10O10S/c1-36(39-10-12-40(13-11-39)52-37(2)67-35-83-52)68-56(77)47-31-43(73)32-72(47)57(78)53(58(3,4)5)69-49(75)18-23-80-25-27-81-26-24-79-22-17-48(74)64-19-7-20-70-33-45(51-54(63)65-34-66-55(51)70)41-14-15-46-42(30-41)16-21-71(46)50(76)29-38-8-6-9-44(28-38)82-59(60,61)62/h6,8-15,28,30,33-36,43,47,53,73H,7,16-27,29,31-32H2,1-5H3,(H,64,74)(H,68,77)(H,69,75)(H2,63,65,66)/t36-,43-,47-,53+/m0/s1. The Morgan fingerprint density at radius 2 is 1.57 bits per heavy atom. The molecule has 1 fully saturated rings. The van der Waals surface area contributed by atoms with Gasteiger partial charge in [0.2, 0.25) is 29.5 Å². The van der Waals surface area contributed by atoms with E-state index in [1.54, 1.807) is 27.8 Å². The Labute approximate surface area is 483 Å². The highest BCUT2D eigenvalue weighted by molar-refractivity contribution is 7.13. The molecule has 5 amide bonds. The van der Waals surface area contributed by atoms with Crippen LogP contribution in [0.2, 0.25) is 0 Å². The second-order valence-electron chi connectivity index (χ2n) is 21.6. The molecule has 0 aliphatic carbocycles. The normalized spacial score (nSPS) is 16.0. The van der Waals surface area contributed by atoms with Gasteiger partial charge in [-0.1, -0.05) is 63.2 Å². The average molecular weight is 1170 g/mol. The predicted molar refractivity (Wildman–Crippen MR) is 306 cm³/mol. The number of ether oxygens (including phenoxy) is 4. The number of halogens is 3. The number of carbonyl (C=O) groups is 5. The van der Waals surface area contributed by atoms with Crippen molar-refractivity contribution in [3.63, 3.8) is 0 Å². The largest absolute Gasteiger partial charge is 0.573 e. The fourth-order valence-corrected chi connectivity index (χ4v) is 11.0. The molecule has 444 valence electrons. The van der Waals surface area contributed by atoms with Gasteiger partial charge >= 0.3 is 6.36 Å². The number of nitrogens with one attached hydrogen (secondary N) is 3. The molecule has 0 saturated carbocycles. The summed E-state index contributed by atoms with van der Waals surface area (Å²) >= 11 is 1.56. The smallest absolute Gasteiger partial charge is 0.406 e. The van der Waals surface area contributed by atoms with Gasteiger partial charge in [0.15, 0.2) is 0 Å². The molecule has 6 N–H and O–H groups in total. The number of anilines is 2. The minimum Gasteiger partial charge on any atom is -0.406 e. The van der Waals surface area contributed by atoms with Crippen molar-refractivity contribution in [3.05, 3.63) is 107 Å². The number of nitrogens with two attached hydrogens (primary N) is 1. The highest BCUT2D eigenvalue weighted by atomic mass is 32.1. The molecule has 3 aromatic carbocycles. The summed E-state index contributed by atoms with van der Waals surface area (Å²) in [7, 11) is 0. The van der Waals surface area contributed by atoms with Gasteiger partial charge < -0.3 is 60.1 Å². The number of aliphatic hydroxyl groups excluding tert-OH is 1. The number of rotatable bonds is 26. The fraction of sp³-hybridized carbons (Fsp3) is 0.458. The number of alkyl halides is 3. The van der Waals surface area contributed by atoms with Crippen molar-refractivity contribution in [2.24, 2.45) is 5.41 Å². The highest BCUT2D eigenvalue weighted by Gasteiger charge is 2.45. The van der Waals surface area contributed by atoms with Crippen molar-refractivity contribution < 1.29 is 61.2 Å². The molecule has 8 rings (SSSR count). The van der Waals surface area contributed by atoms with Crippen molar-refractivity contribution >= 4 is 63.4 Å². The van der Waals surface area contributed by atoms with Gasteiger partial charge in [0.25, 0.3) is 0 Å². The average Bonchev–Trinajstić information content (AvgIpc) is 3.07. The van der Waals surface area contributed by atoms with E-state index in [2.05, 4.69) is 35.6 Å². The van der Waals surface area contributed by atoms with Crippen molar-refractivity contribution in [2.45, 2.75) is 110 Å². The molecule has 4 atom stereocenters. The number of benzene rings is 3. The van der Waals surface area contributed by atoms with Gasteiger partial charge in [-0.25, -0.2) is 15.0 Å². The Morgan fingerprint density at radius 3 is 2.25 bits per heavy atom. The third-order valence-corrected chi connectivity index (χ3v) is 15.4. The van der Waals surface area contributed by atoms with E-state index in [-0.39, 0.29) is 101 Å². The molecule has 0 unspecified atom stereocenters. The van der Waals surface area contributed by atoms with Crippen LogP contribution in [0.15, 0.2) is 84.8 Å². The molecule has 2 aliphatic heterocycles. The van der Waals surface area contributed by atoms with Crippen molar-refractivity contribution in [1.29, 1.82) is 0 Å². The Bertz CT molecular complexity index is 3240. The molecule has 0 radical (unpaired) electrons. The molecule has 24 heteroatoms. The second kappa shape index (κ2) is 27.7. The van der Waals surface area contributed by atoms with Gasteiger partial charge in [-0.2, -0.15) is 0 Å². The van der Waals surface area contributed by atoms with E-state index >= 15 is 0 Å². The quantitative estimate of drug-likeness (QED) is 0.0349. The first-order chi connectivity index (χ1) is 39.6. The van der Waals surface area contributed by atoms with Crippen LogP contribution in [0.1, 0.15) is 81.8 Å². The number of aryl methyl sites for hydroxylation is 2. The van der Waals surface area contributed by atoms with Crippen LogP contribution in [-0.4, -0.2) is 143 Å². The lowest BCUT2D eigenvalue weighted by Crippen LogP contribution is -2.58. The third-order valence-electron chi connectivity index (χ3n) is 14.4. The van der Waals surface area contributed by atoms with Crippen LogP contribution in [0, 0.1) is 12.3 Å². The zero-order chi connectivity index (χ0) is 59.4. The summed E-state index contributed by atoms with van der Waals surface area (Å²) in [5.74, 6) is -1.75. The zero-order valence-electron chi connectivity index (χ0n) is 47.1. The van der Waals surface area contributed by atoms with Crippen LogP contribution < -0.4 is 31.3 Å². The van der Waals surface area contributed by atoms with Crippen molar-refractivity contribution in [1.82, 2.24) is 40.4 Å². The maximum atomic E-state index is 14.1. The Balaban J connectivity index is 0.691. The number of nitrogen functional groups attached to an aromatic ring is 1. The maximum absolute atomic E-state index is 14.1. The monoisotopic (exact) mass is 1170 g/mol. The molecular weight excluding hydrogens is 1100 g/mol.